The van der Waals surface area contributed by atoms with Gasteiger partial charge in [0, 0.05) is 6.20 Å². The van der Waals surface area contributed by atoms with Gasteiger partial charge < -0.3 is 9.51 Å². The molecule has 0 saturated heterocycles. The topological polar surface area (TPSA) is 37.5 Å². The van der Waals surface area contributed by atoms with E-state index in [1.807, 2.05) is 49.6 Å². The molecule has 2 aromatic heterocycles. The zero-order valence-electron chi connectivity index (χ0n) is 9.31. The maximum absolute atomic E-state index is 10.2. The largest absolute Gasteiger partial charge is 0.386 e. The molecule has 0 fully saturated rings. The van der Waals surface area contributed by atoms with Gasteiger partial charge in [0.05, 0.1) is 11.9 Å². The molecule has 0 aliphatic carbocycles. The number of hydrogen-bond donors (Lipinski definition) is 1. The highest BCUT2D eigenvalue weighted by Gasteiger charge is 2.26. The lowest BCUT2D eigenvalue weighted by Crippen LogP contribution is -2.19. The monoisotopic (exact) mass is 204 g/mol. The first kappa shape index (κ1) is 10.2. The fourth-order valence-electron chi connectivity index (χ4n) is 1.60. The van der Waals surface area contributed by atoms with Crippen LogP contribution in [0.1, 0.15) is 32.6 Å². The third-order valence-electron chi connectivity index (χ3n) is 2.55. The van der Waals surface area contributed by atoms with Crippen LogP contribution in [-0.4, -0.2) is 14.5 Å². The molecule has 0 aliphatic rings. The zero-order chi connectivity index (χ0) is 11.1. The van der Waals surface area contributed by atoms with Gasteiger partial charge in [-0.2, -0.15) is 0 Å². The Labute approximate surface area is 89.4 Å². The SMILES string of the molecule is CC(C)(C)C(O)c1cnc2ccccn12. The Morgan fingerprint density at radius 2 is 2.07 bits per heavy atom. The second kappa shape index (κ2) is 3.35. The van der Waals surface area contributed by atoms with Crippen LogP contribution in [0, 0.1) is 5.41 Å². The third kappa shape index (κ3) is 1.75. The molecule has 80 valence electrons. The molecule has 1 atom stereocenters. The van der Waals surface area contributed by atoms with Crippen LogP contribution in [0.5, 0.6) is 0 Å². The van der Waals surface area contributed by atoms with Gasteiger partial charge in [0.25, 0.3) is 0 Å². The summed E-state index contributed by atoms with van der Waals surface area (Å²) in [7, 11) is 0. The number of aliphatic hydroxyl groups is 1. The van der Waals surface area contributed by atoms with Crippen molar-refractivity contribution in [3.63, 3.8) is 0 Å². The van der Waals surface area contributed by atoms with Crippen LogP contribution in [0.25, 0.3) is 5.65 Å². The Kier molecular flexibility index (Phi) is 2.27. The minimum absolute atomic E-state index is 0.175. The van der Waals surface area contributed by atoms with Gasteiger partial charge in [-0.3, -0.25) is 0 Å². The van der Waals surface area contributed by atoms with E-state index in [0.717, 1.165) is 11.3 Å². The van der Waals surface area contributed by atoms with Crippen molar-refractivity contribution in [1.29, 1.82) is 0 Å². The molecule has 2 rings (SSSR count). The average Bonchev–Trinajstić information content (AvgIpc) is 2.58. The zero-order valence-corrected chi connectivity index (χ0v) is 9.31. The van der Waals surface area contributed by atoms with Crippen LogP contribution in [0.15, 0.2) is 30.6 Å². The first-order valence-corrected chi connectivity index (χ1v) is 5.10. The summed E-state index contributed by atoms with van der Waals surface area (Å²) in [5.41, 5.74) is 1.54. The lowest BCUT2D eigenvalue weighted by Gasteiger charge is -2.25. The fraction of sp³-hybridized carbons (Fsp3) is 0.417. The van der Waals surface area contributed by atoms with E-state index < -0.39 is 6.10 Å². The first-order valence-electron chi connectivity index (χ1n) is 5.10. The van der Waals surface area contributed by atoms with Gasteiger partial charge in [-0.05, 0) is 17.5 Å². The van der Waals surface area contributed by atoms with Gasteiger partial charge >= 0.3 is 0 Å². The molecule has 3 heteroatoms. The van der Waals surface area contributed by atoms with E-state index in [1.54, 1.807) is 6.20 Å². The van der Waals surface area contributed by atoms with Crippen molar-refractivity contribution < 1.29 is 5.11 Å². The summed E-state index contributed by atoms with van der Waals surface area (Å²) in [4.78, 5) is 4.26. The Morgan fingerprint density at radius 1 is 1.33 bits per heavy atom. The van der Waals surface area contributed by atoms with E-state index in [-0.39, 0.29) is 5.41 Å². The quantitative estimate of drug-likeness (QED) is 0.774. The summed E-state index contributed by atoms with van der Waals surface area (Å²) in [5.74, 6) is 0. The standard InChI is InChI=1S/C12H16N2O/c1-12(2,3)11(15)9-8-13-10-6-4-5-7-14(9)10/h4-8,11,15H,1-3H3. The molecule has 1 N–H and O–H groups in total. The van der Waals surface area contributed by atoms with E-state index >= 15 is 0 Å². The van der Waals surface area contributed by atoms with Crippen LogP contribution >= 0.6 is 0 Å². The van der Waals surface area contributed by atoms with Crippen LogP contribution in [-0.2, 0) is 0 Å². The number of imidazole rings is 1. The highest BCUT2D eigenvalue weighted by atomic mass is 16.3. The van der Waals surface area contributed by atoms with Gasteiger partial charge in [-0.15, -0.1) is 0 Å². The maximum Gasteiger partial charge on any atom is 0.136 e. The molecule has 15 heavy (non-hydrogen) atoms. The molecule has 0 aromatic carbocycles. The second-order valence-electron chi connectivity index (χ2n) is 4.88. The second-order valence-corrected chi connectivity index (χ2v) is 4.88. The summed E-state index contributed by atoms with van der Waals surface area (Å²) < 4.78 is 1.93. The number of hydrogen-bond acceptors (Lipinski definition) is 2. The number of rotatable bonds is 1. The van der Waals surface area contributed by atoms with Crippen molar-refractivity contribution in [3.05, 3.63) is 36.3 Å². The number of fused-ring (bicyclic) bond motifs is 1. The molecular weight excluding hydrogens is 188 g/mol. The van der Waals surface area contributed by atoms with Crippen LogP contribution in [0.3, 0.4) is 0 Å². The van der Waals surface area contributed by atoms with Crippen LogP contribution in [0.4, 0.5) is 0 Å². The molecule has 2 heterocycles. The van der Waals surface area contributed by atoms with Gasteiger partial charge in [-0.25, -0.2) is 4.98 Å². The lowest BCUT2D eigenvalue weighted by molar-refractivity contribution is 0.0582. The Hall–Kier alpha value is -1.35. The molecule has 1 unspecified atom stereocenters. The Morgan fingerprint density at radius 3 is 2.73 bits per heavy atom. The third-order valence-corrected chi connectivity index (χ3v) is 2.55. The van der Waals surface area contributed by atoms with Gasteiger partial charge in [0.1, 0.15) is 11.8 Å². The number of aliphatic hydroxyl groups excluding tert-OH is 1. The van der Waals surface area contributed by atoms with Crippen molar-refractivity contribution in [2.24, 2.45) is 5.41 Å². The van der Waals surface area contributed by atoms with Crippen molar-refractivity contribution in [2.45, 2.75) is 26.9 Å². The normalized spacial score (nSPS) is 14.4. The molecule has 0 aliphatic heterocycles. The summed E-state index contributed by atoms with van der Waals surface area (Å²) in [6, 6.07) is 5.81. The molecule has 0 saturated carbocycles. The summed E-state index contributed by atoms with van der Waals surface area (Å²) in [6.07, 6.45) is 3.16. The molecule has 2 aromatic rings. The van der Waals surface area contributed by atoms with Crippen molar-refractivity contribution in [3.8, 4) is 0 Å². The lowest BCUT2D eigenvalue weighted by atomic mass is 9.87. The number of pyridine rings is 1. The average molecular weight is 204 g/mol. The van der Waals surface area contributed by atoms with E-state index in [0.29, 0.717) is 0 Å². The van der Waals surface area contributed by atoms with Crippen LogP contribution < -0.4 is 0 Å². The predicted molar refractivity (Wildman–Crippen MR) is 59.6 cm³/mol. The van der Waals surface area contributed by atoms with Crippen molar-refractivity contribution >= 4 is 5.65 Å². The Bertz CT molecular complexity index is 468. The summed E-state index contributed by atoms with van der Waals surface area (Å²) in [6.45, 7) is 6.04. The molecule has 0 spiro atoms. The molecule has 0 bridgehead atoms. The number of aromatic nitrogens is 2. The van der Waals surface area contributed by atoms with Gasteiger partial charge in [0.15, 0.2) is 0 Å². The van der Waals surface area contributed by atoms with E-state index in [4.69, 9.17) is 0 Å². The molecule has 0 radical (unpaired) electrons. The fourth-order valence-corrected chi connectivity index (χ4v) is 1.60. The van der Waals surface area contributed by atoms with Crippen molar-refractivity contribution in [2.75, 3.05) is 0 Å². The van der Waals surface area contributed by atoms with Crippen molar-refractivity contribution in [1.82, 2.24) is 9.38 Å². The predicted octanol–water partition coefficient (Wildman–Crippen LogP) is 2.41. The van der Waals surface area contributed by atoms with E-state index in [9.17, 15) is 5.11 Å². The summed E-state index contributed by atoms with van der Waals surface area (Å²) in [5, 5.41) is 10.2. The van der Waals surface area contributed by atoms with Gasteiger partial charge in [0.2, 0.25) is 0 Å². The minimum atomic E-state index is -0.505. The minimum Gasteiger partial charge on any atom is -0.386 e. The highest BCUT2D eigenvalue weighted by molar-refractivity contribution is 5.40. The Balaban J connectivity index is 2.53. The first-order chi connectivity index (χ1) is 7.00. The molecule has 0 amide bonds. The van der Waals surface area contributed by atoms with Crippen LogP contribution in [0.2, 0.25) is 0 Å². The highest BCUT2D eigenvalue weighted by Crippen LogP contribution is 2.32. The summed E-state index contributed by atoms with van der Waals surface area (Å²) >= 11 is 0. The van der Waals surface area contributed by atoms with Gasteiger partial charge in [-0.1, -0.05) is 26.8 Å². The maximum atomic E-state index is 10.2. The molecular formula is C12H16N2O. The molecule has 3 nitrogen and oxygen atoms in total. The smallest absolute Gasteiger partial charge is 0.136 e. The van der Waals surface area contributed by atoms with E-state index in [1.165, 1.54) is 0 Å². The van der Waals surface area contributed by atoms with E-state index in [2.05, 4.69) is 4.98 Å². The number of nitrogens with zero attached hydrogens (tertiary/aromatic N) is 2.